The van der Waals surface area contributed by atoms with Gasteiger partial charge in [-0.1, -0.05) is 20.8 Å². The van der Waals surface area contributed by atoms with E-state index in [-0.39, 0.29) is 17.4 Å². The first kappa shape index (κ1) is 18.9. The minimum atomic E-state index is -0.872. The second kappa shape index (κ2) is 7.21. The number of nitrogens with zero attached hydrogens (tertiary/aromatic N) is 2. The minimum absolute atomic E-state index is 0.102. The lowest BCUT2D eigenvalue weighted by atomic mass is 9.84. The van der Waals surface area contributed by atoms with E-state index in [0.717, 1.165) is 11.3 Å². The summed E-state index contributed by atoms with van der Waals surface area (Å²) in [5.41, 5.74) is 8.33. The lowest BCUT2D eigenvalue weighted by Gasteiger charge is -2.46. The molecule has 7 heteroatoms. The number of nitrogens with two attached hydrogens (primary N) is 1. The van der Waals surface area contributed by atoms with Crippen LogP contribution in [0.25, 0.3) is 0 Å². The van der Waals surface area contributed by atoms with Crippen molar-refractivity contribution in [3.05, 3.63) is 23.8 Å². The van der Waals surface area contributed by atoms with Crippen LogP contribution in [-0.2, 0) is 11.3 Å². The van der Waals surface area contributed by atoms with Crippen molar-refractivity contribution in [3.63, 3.8) is 0 Å². The highest BCUT2D eigenvalue weighted by Gasteiger charge is 2.38. The maximum Gasteiger partial charge on any atom is 0.407 e. The predicted octanol–water partition coefficient (Wildman–Crippen LogP) is 2.12. The van der Waals surface area contributed by atoms with E-state index < -0.39 is 6.09 Å². The molecule has 1 aromatic carbocycles. The number of hydrogen-bond acceptors (Lipinski definition) is 4. The van der Waals surface area contributed by atoms with Crippen molar-refractivity contribution in [1.82, 2.24) is 10.2 Å². The molecule has 1 fully saturated rings. The molecule has 1 unspecified atom stereocenters. The molecule has 1 atom stereocenters. The van der Waals surface area contributed by atoms with Gasteiger partial charge in [-0.05, 0) is 29.2 Å². The summed E-state index contributed by atoms with van der Waals surface area (Å²) in [6.07, 6.45) is -0.872. The predicted molar refractivity (Wildman–Crippen MR) is 98.6 cm³/mol. The Morgan fingerprint density at radius 1 is 1.32 bits per heavy atom. The Morgan fingerprint density at radius 3 is 2.56 bits per heavy atom. The zero-order valence-electron chi connectivity index (χ0n) is 15.4. The van der Waals surface area contributed by atoms with E-state index in [0.29, 0.717) is 31.9 Å². The van der Waals surface area contributed by atoms with Crippen LogP contribution in [0.1, 0.15) is 33.3 Å². The maximum absolute atomic E-state index is 11.6. The van der Waals surface area contributed by atoms with Crippen molar-refractivity contribution in [3.8, 4) is 0 Å². The third kappa shape index (κ3) is 4.55. The molecule has 0 aliphatic carbocycles. The Labute approximate surface area is 148 Å². The summed E-state index contributed by atoms with van der Waals surface area (Å²) in [7, 11) is 0. The molecule has 7 nitrogen and oxygen atoms in total. The Morgan fingerprint density at radius 2 is 2.00 bits per heavy atom. The molecule has 0 radical (unpaired) electrons. The van der Waals surface area contributed by atoms with Crippen LogP contribution < -0.4 is 16.0 Å². The highest BCUT2D eigenvalue weighted by atomic mass is 16.4. The summed E-state index contributed by atoms with van der Waals surface area (Å²) in [4.78, 5) is 26.4. The SMILES string of the molecule is CC(=O)NCc1cc(N2CCN(C(=O)O)C(C(C)(C)C)C2)ccc1N. The quantitative estimate of drug-likeness (QED) is 0.727. The molecule has 1 aliphatic heterocycles. The highest BCUT2D eigenvalue weighted by molar-refractivity contribution is 5.73. The van der Waals surface area contributed by atoms with Crippen molar-refractivity contribution < 1.29 is 14.7 Å². The fraction of sp³-hybridized carbons (Fsp3) is 0.556. The van der Waals surface area contributed by atoms with Crippen LogP contribution in [0.15, 0.2) is 18.2 Å². The van der Waals surface area contributed by atoms with E-state index in [1.165, 1.54) is 11.8 Å². The molecule has 0 saturated carbocycles. The van der Waals surface area contributed by atoms with Gasteiger partial charge in [0.25, 0.3) is 0 Å². The number of nitrogen functional groups attached to an aromatic ring is 1. The molecule has 1 heterocycles. The number of amides is 2. The summed E-state index contributed by atoms with van der Waals surface area (Å²) in [5, 5.41) is 12.2. The fourth-order valence-electron chi connectivity index (χ4n) is 3.15. The van der Waals surface area contributed by atoms with Crippen LogP contribution in [0, 0.1) is 5.41 Å². The Balaban J connectivity index is 2.22. The topological polar surface area (TPSA) is 98.9 Å². The number of carboxylic acid groups (broad SMARTS) is 1. The third-order valence-electron chi connectivity index (χ3n) is 4.65. The molecule has 0 bridgehead atoms. The monoisotopic (exact) mass is 348 g/mol. The Bertz CT molecular complexity index is 654. The van der Waals surface area contributed by atoms with E-state index in [2.05, 4.69) is 31.0 Å². The number of anilines is 2. The first-order chi connectivity index (χ1) is 11.6. The fourth-order valence-corrected chi connectivity index (χ4v) is 3.15. The number of carbonyl (C=O) groups is 2. The smallest absolute Gasteiger partial charge is 0.407 e. The van der Waals surface area contributed by atoms with Crippen LogP contribution in [0.4, 0.5) is 16.2 Å². The van der Waals surface area contributed by atoms with E-state index in [1.807, 2.05) is 18.2 Å². The lowest BCUT2D eigenvalue weighted by Crippen LogP contribution is -2.59. The molecule has 1 saturated heterocycles. The average molecular weight is 348 g/mol. The number of nitrogens with one attached hydrogen (secondary N) is 1. The molecular formula is C18H28N4O3. The van der Waals surface area contributed by atoms with E-state index in [1.54, 1.807) is 0 Å². The van der Waals surface area contributed by atoms with Gasteiger partial charge >= 0.3 is 6.09 Å². The molecule has 0 aromatic heterocycles. The van der Waals surface area contributed by atoms with Gasteiger partial charge in [0.2, 0.25) is 5.91 Å². The second-order valence-corrected chi connectivity index (χ2v) is 7.60. The zero-order valence-corrected chi connectivity index (χ0v) is 15.4. The highest BCUT2D eigenvalue weighted by Crippen LogP contribution is 2.31. The van der Waals surface area contributed by atoms with Crippen molar-refractivity contribution in [2.75, 3.05) is 30.3 Å². The van der Waals surface area contributed by atoms with Gasteiger partial charge in [-0.2, -0.15) is 0 Å². The minimum Gasteiger partial charge on any atom is -0.465 e. The molecular weight excluding hydrogens is 320 g/mol. The van der Waals surface area contributed by atoms with Crippen LogP contribution in [0.5, 0.6) is 0 Å². The molecule has 0 spiro atoms. The summed E-state index contributed by atoms with van der Waals surface area (Å²) < 4.78 is 0. The Kier molecular flexibility index (Phi) is 5.45. The van der Waals surface area contributed by atoms with Gasteiger partial charge in [0.1, 0.15) is 0 Å². The van der Waals surface area contributed by atoms with Gasteiger partial charge in [-0.3, -0.25) is 4.79 Å². The van der Waals surface area contributed by atoms with Gasteiger partial charge in [-0.25, -0.2) is 4.79 Å². The van der Waals surface area contributed by atoms with Crippen molar-refractivity contribution in [1.29, 1.82) is 0 Å². The number of piperazine rings is 1. The molecule has 1 aliphatic rings. The van der Waals surface area contributed by atoms with Crippen LogP contribution >= 0.6 is 0 Å². The maximum atomic E-state index is 11.6. The summed E-state index contributed by atoms with van der Waals surface area (Å²) >= 11 is 0. The molecule has 1 aromatic rings. The molecule has 2 amide bonds. The lowest BCUT2D eigenvalue weighted by molar-refractivity contribution is -0.119. The number of hydrogen-bond donors (Lipinski definition) is 3. The molecule has 138 valence electrons. The van der Waals surface area contributed by atoms with Gasteiger partial charge in [0, 0.05) is 44.5 Å². The van der Waals surface area contributed by atoms with Gasteiger partial charge in [0.05, 0.1) is 6.04 Å². The van der Waals surface area contributed by atoms with Gasteiger partial charge in [-0.15, -0.1) is 0 Å². The van der Waals surface area contributed by atoms with Crippen molar-refractivity contribution in [2.24, 2.45) is 5.41 Å². The van der Waals surface area contributed by atoms with E-state index in [9.17, 15) is 14.7 Å². The van der Waals surface area contributed by atoms with Crippen molar-refractivity contribution in [2.45, 2.75) is 40.3 Å². The van der Waals surface area contributed by atoms with Crippen molar-refractivity contribution >= 4 is 23.4 Å². The normalized spacial score (nSPS) is 18.2. The van der Waals surface area contributed by atoms with Crippen LogP contribution in [-0.4, -0.2) is 47.7 Å². The number of carbonyl (C=O) groups excluding carboxylic acids is 1. The molecule has 25 heavy (non-hydrogen) atoms. The van der Waals surface area contributed by atoms with Gasteiger partial charge in [0.15, 0.2) is 0 Å². The summed E-state index contributed by atoms with van der Waals surface area (Å²) in [5.74, 6) is -0.104. The standard InChI is InChI=1S/C18H28N4O3/c1-12(23)20-10-13-9-14(5-6-15(13)19)21-7-8-22(17(24)25)16(11-21)18(2,3)4/h5-6,9,16H,7-8,10-11,19H2,1-4H3,(H,20,23)(H,24,25). The number of rotatable bonds is 3. The average Bonchev–Trinajstić information content (AvgIpc) is 2.52. The summed E-state index contributed by atoms with van der Waals surface area (Å²) in [6.45, 7) is 9.74. The first-order valence-electron chi connectivity index (χ1n) is 8.47. The third-order valence-corrected chi connectivity index (χ3v) is 4.65. The van der Waals surface area contributed by atoms with Crippen LogP contribution in [0.3, 0.4) is 0 Å². The van der Waals surface area contributed by atoms with E-state index >= 15 is 0 Å². The summed E-state index contributed by atoms with van der Waals surface area (Å²) in [6, 6.07) is 5.65. The first-order valence-corrected chi connectivity index (χ1v) is 8.47. The Hall–Kier alpha value is -2.44. The zero-order chi connectivity index (χ0) is 18.8. The van der Waals surface area contributed by atoms with Crippen LogP contribution in [0.2, 0.25) is 0 Å². The second-order valence-electron chi connectivity index (χ2n) is 7.60. The molecule has 4 N–H and O–H groups in total. The number of benzene rings is 1. The molecule has 2 rings (SSSR count). The largest absolute Gasteiger partial charge is 0.465 e. The van der Waals surface area contributed by atoms with E-state index in [4.69, 9.17) is 5.73 Å². The van der Waals surface area contributed by atoms with Gasteiger partial charge < -0.3 is 26.0 Å².